The smallest absolute Gasteiger partial charge is 0.231 e. The Kier molecular flexibility index (Phi) is 5.49. The average molecular weight is 402 g/mol. The highest BCUT2D eigenvalue weighted by molar-refractivity contribution is 9.10. The molecular formula is C19H17BrNO2P. The first-order valence-electron chi connectivity index (χ1n) is 7.43. The fraction of sp³-hybridized carbons (Fsp3) is 0.105. The molecule has 5 heteroatoms. The van der Waals surface area contributed by atoms with Crippen LogP contribution in [0, 0.1) is 0 Å². The number of aromatic nitrogens is 1. The Balaban J connectivity index is 2.24. The summed E-state index contributed by atoms with van der Waals surface area (Å²) in [5.74, 6) is 1.08. The first-order chi connectivity index (χ1) is 11.7. The highest BCUT2D eigenvalue weighted by Gasteiger charge is 2.23. The van der Waals surface area contributed by atoms with Gasteiger partial charge in [0, 0.05) is 11.4 Å². The van der Waals surface area contributed by atoms with Gasteiger partial charge >= 0.3 is 0 Å². The number of rotatable bonds is 5. The standard InChI is InChI=1S/C19H17BrNO2P/c1-22-17-13-16(18(20)19(21-17)23-2)24(14-9-5-3-6-10-14)15-11-7-4-8-12-15/h3-13H,1-2H3. The van der Waals surface area contributed by atoms with E-state index in [4.69, 9.17) is 9.47 Å². The van der Waals surface area contributed by atoms with E-state index in [0.717, 1.165) is 9.78 Å². The van der Waals surface area contributed by atoms with Crippen LogP contribution >= 0.6 is 23.9 Å². The van der Waals surface area contributed by atoms with Crippen molar-refractivity contribution in [1.82, 2.24) is 4.98 Å². The SMILES string of the molecule is COc1cc(P(c2ccccc2)c2ccccc2)c(Br)c(OC)n1. The molecule has 3 nitrogen and oxygen atoms in total. The summed E-state index contributed by atoms with van der Waals surface area (Å²) in [6, 6.07) is 22.9. The van der Waals surface area contributed by atoms with Crippen molar-refractivity contribution in [2.45, 2.75) is 0 Å². The second kappa shape index (κ2) is 7.78. The maximum absolute atomic E-state index is 5.42. The number of hydrogen-bond donors (Lipinski definition) is 0. The van der Waals surface area contributed by atoms with E-state index in [-0.39, 0.29) is 0 Å². The third-order valence-electron chi connectivity index (χ3n) is 3.56. The number of ether oxygens (including phenoxy) is 2. The molecule has 0 saturated carbocycles. The van der Waals surface area contributed by atoms with Crippen LogP contribution in [-0.4, -0.2) is 19.2 Å². The molecule has 1 heterocycles. The van der Waals surface area contributed by atoms with Crippen molar-refractivity contribution < 1.29 is 9.47 Å². The Hall–Kier alpha value is -1.90. The number of hydrogen-bond acceptors (Lipinski definition) is 3. The lowest BCUT2D eigenvalue weighted by molar-refractivity contribution is 0.363. The average Bonchev–Trinajstić information content (AvgIpc) is 2.65. The third kappa shape index (κ3) is 3.45. The Labute approximate surface area is 151 Å². The summed E-state index contributed by atoms with van der Waals surface area (Å²) in [4.78, 5) is 4.36. The van der Waals surface area contributed by atoms with E-state index in [1.165, 1.54) is 10.6 Å². The van der Waals surface area contributed by atoms with Crippen LogP contribution in [0.4, 0.5) is 0 Å². The van der Waals surface area contributed by atoms with Gasteiger partial charge in [0.05, 0.1) is 18.7 Å². The summed E-state index contributed by atoms with van der Waals surface area (Å²) in [5.41, 5.74) is 0. The normalized spacial score (nSPS) is 10.7. The first-order valence-corrected chi connectivity index (χ1v) is 9.57. The molecule has 122 valence electrons. The molecule has 0 aliphatic carbocycles. The molecule has 0 aliphatic heterocycles. The number of benzene rings is 2. The number of nitrogens with zero attached hydrogens (tertiary/aromatic N) is 1. The molecule has 24 heavy (non-hydrogen) atoms. The van der Waals surface area contributed by atoms with Crippen LogP contribution < -0.4 is 25.4 Å². The summed E-state index contributed by atoms with van der Waals surface area (Å²) in [6.45, 7) is 0. The fourth-order valence-corrected chi connectivity index (χ4v) is 5.68. The van der Waals surface area contributed by atoms with Crippen molar-refractivity contribution in [2.24, 2.45) is 0 Å². The van der Waals surface area contributed by atoms with E-state index in [2.05, 4.69) is 69.4 Å². The van der Waals surface area contributed by atoms with E-state index in [1.807, 2.05) is 18.2 Å². The minimum absolute atomic E-state index is 0.531. The van der Waals surface area contributed by atoms with E-state index < -0.39 is 7.92 Å². The zero-order chi connectivity index (χ0) is 16.9. The van der Waals surface area contributed by atoms with Gasteiger partial charge in [-0.25, -0.2) is 0 Å². The van der Waals surface area contributed by atoms with Gasteiger partial charge in [0.15, 0.2) is 0 Å². The Morgan fingerprint density at radius 3 is 1.83 bits per heavy atom. The van der Waals surface area contributed by atoms with Crippen molar-refractivity contribution >= 4 is 39.8 Å². The monoisotopic (exact) mass is 401 g/mol. The molecule has 0 spiro atoms. The second-order valence-electron chi connectivity index (χ2n) is 5.01. The molecule has 2 aromatic carbocycles. The fourth-order valence-electron chi connectivity index (χ4n) is 2.46. The van der Waals surface area contributed by atoms with Crippen LogP contribution in [-0.2, 0) is 0 Å². The number of pyridine rings is 1. The molecule has 0 aliphatic rings. The number of halogens is 1. The van der Waals surface area contributed by atoms with E-state index >= 15 is 0 Å². The van der Waals surface area contributed by atoms with Gasteiger partial charge in [0.25, 0.3) is 0 Å². The predicted octanol–water partition coefficient (Wildman–Crippen LogP) is 3.62. The lowest BCUT2D eigenvalue weighted by atomic mass is 10.4. The minimum Gasteiger partial charge on any atom is -0.481 e. The van der Waals surface area contributed by atoms with Crippen LogP contribution in [0.3, 0.4) is 0 Å². The molecule has 0 radical (unpaired) electrons. The van der Waals surface area contributed by atoms with E-state index in [0.29, 0.717) is 11.8 Å². The summed E-state index contributed by atoms with van der Waals surface area (Å²) >= 11 is 3.67. The molecular weight excluding hydrogens is 385 g/mol. The Bertz CT molecular complexity index is 773. The van der Waals surface area contributed by atoms with Crippen molar-refractivity contribution in [3.8, 4) is 11.8 Å². The van der Waals surface area contributed by atoms with Crippen LogP contribution in [0.5, 0.6) is 11.8 Å². The van der Waals surface area contributed by atoms with Crippen molar-refractivity contribution in [3.63, 3.8) is 0 Å². The minimum atomic E-state index is -0.758. The molecule has 1 aromatic heterocycles. The van der Waals surface area contributed by atoms with Crippen LogP contribution in [0.2, 0.25) is 0 Å². The van der Waals surface area contributed by atoms with Gasteiger partial charge in [-0.3, -0.25) is 0 Å². The van der Waals surface area contributed by atoms with E-state index in [9.17, 15) is 0 Å². The molecule has 0 unspecified atom stereocenters. The van der Waals surface area contributed by atoms with Gasteiger partial charge in [-0.15, -0.1) is 0 Å². The van der Waals surface area contributed by atoms with Crippen molar-refractivity contribution in [2.75, 3.05) is 14.2 Å². The largest absolute Gasteiger partial charge is 0.481 e. The summed E-state index contributed by atoms with van der Waals surface area (Å²) in [6.07, 6.45) is 0. The van der Waals surface area contributed by atoms with Crippen LogP contribution in [0.25, 0.3) is 0 Å². The quantitative estimate of drug-likeness (QED) is 0.611. The highest BCUT2D eigenvalue weighted by atomic mass is 79.9. The predicted molar refractivity (Wildman–Crippen MR) is 104 cm³/mol. The van der Waals surface area contributed by atoms with Crippen molar-refractivity contribution in [1.29, 1.82) is 0 Å². The zero-order valence-electron chi connectivity index (χ0n) is 13.4. The molecule has 0 N–H and O–H groups in total. The molecule has 0 amide bonds. The van der Waals surface area contributed by atoms with Crippen molar-refractivity contribution in [3.05, 3.63) is 71.2 Å². The highest BCUT2D eigenvalue weighted by Crippen LogP contribution is 2.39. The molecule has 0 atom stereocenters. The van der Waals surface area contributed by atoms with Crippen LogP contribution in [0.1, 0.15) is 0 Å². The lowest BCUT2D eigenvalue weighted by Crippen LogP contribution is -2.22. The summed E-state index contributed by atoms with van der Waals surface area (Å²) in [7, 11) is 2.47. The third-order valence-corrected chi connectivity index (χ3v) is 7.09. The van der Waals surface area contributed by atoms with Gasteiger partial charge < -0.3 is 9.47 Å². The first kappa shape index (κ1) is 16.9. The molecule has 0 bridgehead atoms. The molecule has 0 fully saturated rings. The maximum atomic E-state index is 5.42. The second-order valence-corrected chi connectivity index (χ2v) is 7.99. The molecule has 0 saturated heterocycles. The zero-order valence-corrected chi connectivity index (χ0v) is 15.9. The van der Waals surface area contributed by atoms with Gasteiger partial charge in [-0.2, -0.15) is 4.98 Å². The topological polar surface area (TPSA) is 31.4 Å². The molecule has 3 aromatic rings. The van der Waals surface area contributed by atoms with Gasteiger partial charge in [0.1, 0.15) is 0 Å². The van der Waals surface area contributed by atoms with Gasteiger partial charge in [-0.1, -0.05) is 60.7 Å². The van der Waals surface area contributed by atoms with E-state index in [1.54, 1.807) is 14.2 Å². The summed E-state index contributed by atoms with van der Waals surface area (Å²) in [5, 5.41) is 3.63. The van der Waals surface area contributed by atoms with Gasteiger partial charge in [-0.05, 0) is 34.5 Å². The lowest BCUT2D eigenvalue weighted by Gasteiger charge is -2.21. The molecule has 3 rings (SSSR count). The maximum Gasteiger partial charge on any atom is 0.231 e. The van der Waals surface area contributed by atoms with Crippen LogP contribution in [0.15, 0.2) is 71.2 Å². The Morgan fingerprint density at radius 1 is 0.833 bits per heavy atom. The van der Waals surface area contributed by atoms with Gasteiger partial charge in [0.2, 0.25) is 11.8 Å². The summed E-state index contributed by atoms with van der Waals surface area (Å²) < 4.78 is 11.7. The number of methoxy groups -OCH3 is 2. The Morgan fingerprint density at radius 2 is 1.38 bits per heavy atom.